The lowest BCUT2D eigenvalue weighted by molar-refractivity contribution is -0.127. The number of ether oxygens (including phenoxy) is 1. The molecular weight excluding hydrogens is 348 g/mol. The third kappa shape index (κ3) is 2.26. The fourth-order valence-corrected chi connectivity index (χ4v) is 5.10. The summed E-state index contributed by atoms with van der Waals surface area (Å²) >= 11 is 1.52. The lowest BCUT2D eigenvalue weighted by Gasteiger charge is -2.27. The van der Waals surface area contributed by atoms with Crippen LogP contribution in [-0.4, -0.2) is 52.6 Å². The maximum Gasteiger partial charge on any atom is 0.262 e. The number of nitrogens with zero attached hydrogens (tertiary/aromatic N) is 3. The van der Waals surface area contributed by atoms with E-state index in [0.29, 0.717) is 6.54 Å². The van der Waals surface area contributed by atoms with Crippen molar-refractivity contribution < 1.29 is 9.53 Å². The van der Waals surface area contributed by atoms with Gasteiger partial charge in [-0.3, -0.25) is 9.79 Å². The number of hydrogen-bond acceptors (Lipinski definition) is 5. The maximum atomic E-state index is 13.2. The largest absolute Gasteiger partial charge is 0.497 e. The van der Waals surface area contributed by atoms with Gasteiger partial charge in [0.2, 0.25) is 0 Å². The minimum Gasteiger partial charge on any atom is -0.497 e. The minimum absolute atomic E-state index is 0.118. The first-order valence-electron chi connectivity index (χ1n) is 8.83. The molecule has 2 aromatic rings. The quantitative estimate of drug-likeness (QED) is 0.885. The average Bonchev–Trinajstić information content (AvgIpc) is 3.34. The van der Waals surface area contributed by atoms with Crippen molar-refractivity contribution in [3.63, 3.8) is 0 Å². The molecule has 1 amide bonds. The van der Waals surface area contributed by atoms with Crippen LogP contribution in [0.1, 0.15) is 18.2 Å². The molecular formula is C19H20N4O2S. The highest BCUT2D eigenvalue weighted by molar-refractivity contribution is 8.18. The Morgan fingerprint density at radius 1 is 1.35 bits per heavy atom. The van der Waals surface area contributed by atoms with Gasteiger partial charge in [-0.2, -0.15) is 0 Å². The molecule has 7 heteroatoms. The smallest absolute Gasteiger partial charge is 0.262 e. The number of carbonyl (C=O) groups is 1. The van der Waals surface area contributed by atoms with Gasteiger partial charge in [0.15, 0.2) is 5.17 Å². The van der Waals surface area contributed by atoms with Crippen LogP contribution in [0.2, 0.25) is 0 Å². The van der Waals surface area contributed by atoms with Crippen LogP contribution in [0.25, 0.3) is 10.9 Å². The highest BCUT2D eigenvalue weighted by Gasteiger charge is 2.36. The molecule has 0 radical (unpaired) electrons. The summed E-state index contributed by atoms with van der Waals surface area (Å²) in [5.41, 5.74) is 4.58. The number of aromatic amines is 1. The molecule has 1 N–H and O–H groups in total. The van der Waals surface area contributed by atoms with Gasteiger partial charge in [0.25, 0.3) is 5.91 Å². The summed E-state index contributed by atoms with van der Waals surface area (Å²) in [5, 5.41) is 2.12. The average molecular weight is 368 g/mol. The van der Waals surface area contributed by atoms with Gasteiger partial charge in [0.1, 0.15) is 5.75 Å². The molecule has 5 rings (SSSR count). The Bertz CT molecular complexity index is 991. The molecule has 0 fully saturated rings. The number of benzene rings is 1. The number of methoxy groups -OCH3 is 1. The van der Waals surface area contributed by atoms with E-state index in [2.05, 4.69) is 20.9 Å². The van der Waals surface area contributed by atoms with Gasteiger partial charge in [0.05, 0.1) is 18.6 Å². The Hall–Kier alpha value is -2.41. The fraction of sp³-hybridized carbons (Fsp3) is 0.368. The Labute approximate surface area is 155 Å². The van der Waals surface area contributed by atoms with Crippen molar-refractivity contribution in [1.82, 2.24) is 14.8 Å². The molecule has 6 nitrogen and oxygen atoms in total. The van der Waals surface area contributed by atoms with Crippen molar-refractivity contribution in [3.8, 4) is 5.75 Å². The van der Waals surface area contributed by atoms with Crippen LogP contribution in [0, 0.1) is 0 Å². The maximum absolute atomic E-state index is 13.2. The van der Waals surface area contributed by atoms with Crippen molar-refractivity contribution in [2.24, 2.45) is 4.99 Å². The third-order valence-corrected chi connectivity index (χ3v) is 6.60. The zero-order valence-electron chi connectivity index (χ0n) is 14.8. The van der Waals surface area contributed by atoms with Crippen LogP contribution in [-0.2, 0) is 17.8 Å². The SMILES string of the molecule is COc1ccc2[nH]c3c(c2c1)CN(C(=O)C1=C(C)N2CCN=C2S1)CC3. The summed E-state index contributed by atoms with van der Waals surface area (Å²) in [6, 6.07) is 6.06. The summed E-state index contributed by atoms with van der Waals surface area (Å²) < 4.78 is 5.37. The highest BCUT2D eigenvalue weighted by Crippen LogP contribution is 2.38. The number of allylic oxidation sites excluding steroid dienone is 1. The second-order valence-corrected chi connectivity index (χ2v) is 7.78. The number of aromatic nitrogens is 1. The lowest BCUT2D eigenvalue weighted by Crippen LogP contribution is -2.36. The molecule has 0 aliphatic carbocycles. The van der Waals surface area contributed by atoms with Gasteiger partial charge in [-0.1, -0.05) is 0 Å². The first-order chi connectivity index (χ1) is 12.7. The van der Waals surface area contributed by atoms with Gasteiger partial charge in [-0.05, 0) is 36.9 Å². The van der Waals surface area contributed by atoms with Gasteiger partial charge >= 0.3 is 0 Å². The van der Waals surface area contributed by atoms with Crippen LogP contribution in [0.15, 0.2) is 33.8 Å². The van der Waals surface area contributed by atoms with Crippen LogP contribution in [0.3, 0.4) is 0 Å². The second-order valence-electron chi connectivity index (χ2n) is 6.80. The van der Waals surface area contributed by atoms with E-state index in [1.54, 1.807) is 7.11 Å². The first-order valence-corrected chi connectivity index (χ1v) is 9.65. The molecule has 0 atom stereocenters. The number of carbonyl (C=O) groups excluding carboxylic acids is 1. The van der Waals surface area contributed by atoms with Crippen molar-refractivity contribution in [3.05, 3.63) is 40.1 Å². The molecule has 3 aliphatic rings. The van der Waals surface area contributed by atoms with E-state index in [-0.39, 0.29) is 5.91 Å². The topological polar surface area (TPSA) is 60.9 Å². The Balaban J connectivity index is 1.46. The predicted molar refractivity (Wildman–Crippen MR) is 103 cm³/mol. The van der Waals surface area contributed by atoms with Crippen molar-refractivity contribution in [2.45, 2.75) is 19.9 Å². The predicted octanol–water partition coefficient (Wildman–Crippen LogP) is 2.71. The van der Waals surface area contributed by atoms with E-state index in [9.17, 15) is 4.79 Å². The zero-order valence-corrected chi connectivity index (χ0v) is 15.7. The third-order valence-electron chi connectivity index (χ3n) is 5.39. The zero-order chi connectivity index (χ0) is 17.8. The van der Waals surface area contributed by atoms with E-state index in [1.165, 1.54) is 23.0 Å². The molecule has 26 heavy (non-hydrogen) atoms. The highest BCUT2D eigenvalue weighted by atomic mass is 32.2. The van der Waals surface area contributed by atoms with E-state index >= 15 is 0 Å². The molecule has 4 heterocycles. The molecule has 1 aromatic carbocycles. The number of fused-ring (bicyclic) bond motifs is 4. The summed E-state index contributed by atoms with van der Waals surface area (Å²) in [7, 11) is 1.68. The van der Waals surface area contributed by atoms with E-state index < -0.39 is 0 Å². The summed E-state index contributed by atoms with van der Waals surface area (Å²) in [5.74, 6) is 0.957. The Morgan fingerprint density at radius 3 is 3.04 bits per heavy atom. The number of amidine groups is 1. The number of amides is 1. The van der Waals surface area contributed by atoms with E-state index in [1.807, 2.05) is 24.0 Å². The van der Waals surface area contributed by atoms with Gasteiger partial charge in [-0.25, -0.2) is 0 Å². The summed E-state index contributed by atoms with van der Waals surface area (Å²) in [4.78, 5) is 26.1. The number of H-pyrrole nitrogens is 1. The van der Waals surface area contributed by atoms with Crippen LogP contribution in [0.5, 0.6) is 5.75 Å². The van der Waals surface area contributed by atoms with Crippen molar-refractivity contribution >= 4 is 33.7 Å². The number of thioether (sulfide) groups is 1. The minimum atomic E-state index is 0.118. The fourth-order valence-electron chi connectivity index (χ4n) is 3.95. The van der Waals surface area contributed by atoms with Crippen LogP contribution < -0.4 is 4.74 Å². The molecule has 1 aromatic heterocycles. The van der Waals surface area contributed by atoms with Crippen LogP contribution in [0.4, 0.5) is 0 Å². The molecule has 0 saturated carbocycles. The Morgan fingerprint density at radius 2 is 2.23 bits per heavy atom. The van der Waals surface area contributed by atoms with Gasteiger partial charge < -0.3 is 19.5 Å². The monoisotopic (exact) mass is 368 g/mol. The standard InChI is InChI=1S/C19H20N4O2S/c1-11-17(26-19-20-6-8-23(11)19)18(24)22-7-5-16-14(10-22)13-9-12(25-2)3-4-15(13)21-16/h3-4,9,21H,5-8,10H2,1-2H3. The molecule has 0 saturated heterocycles. The van der Waals surface area contributed by atoms with E-state index in [4.69, 9.17) is 4.74 Å². The number of nitrogens with one attached hydrogen (secondary N) is 1. The van der Waals surface area contributed by atoms with Gasteiger partial charge in [-0.15, -0.1) is 0 Å². The first kappa shape index (κ1) is 15.8. The molecule has 3 aliphatic heterocycles. The molecule has 0 spiro atoms. The number of hydrogen-bond donors (Lipinski definition) is 1. The number of rotatable bonds is 2. The van der Waals surface area contributed by atoms with Crippen LogP contribution >= 0.6 is 11.8 Å². The second kappa shape index (κ2) is 5.81. The van der Waals surface area contributed by atoms with Gasteiger partial charge in [0, 0.05) is 53.9 Å². The molecule has 134 valence electrons. The molecule has 0 bridgehead atoms. The number of aliphatic imine (C=N–C) groups is 1. The van der Waals surface area contributed by atoms with Crippen molar-refractivity contribution in [1.29, 1.82) is 0 Å². The van der Waals surface area contributed by atoms with Crippen molar-refractivity contribution in [2.75, 3.05) is 26.7 Å². The Kier molecular flexibility index (Phi) is 3.53. The normalized spacial score (nSPS) is 19.1. The van der Waals surface area contributed by atoms with E-state index in [0.717, 1.165) is 58.5 Å². The molecule has 0 unspecified atom stereocenters. The summed E-state index contributed by atoms with van der Waals surface area (Å²) in [6.45, 7) is 5.10. The summed E-state index contributed by atoms with van der Waals surface area (Å²) in [6.07, 6.45) is 0.847. The lowest BCUT2D eigenvalue weighted by atomic mass is 10.0.